The van der Waals surface area contributed by atoms with Crippen LogP contribution in [-0.4, -0.2) is 41.3 Å². The molecule has 1 aliphatic heterocycles. The second-order valence-corrected chi connectivity index (χ2v) is 8.12. The Labute approximate surface area is 125 Å². The highest BCUT2D eigenvalue weighted by Gasteiger charge is 2.77. The summed E-state index contributed by atoms with van der Waals surface area (Å²) in [5.41, 5.74) is -2.61. The van der Waals surface area contributed by atoms with Gasteiger partial charge in [-0.25, -0.2) is 0 Å². The van der Waals surface area contributed by atoms with E-state index in [2.05, 4.69) is 0 Å². The van der Waals surface area contributed by atoms with Gasteiger partial charge in [0.2, 0.25) is 6.29 Å². The second-order valence-electron chi connectivity index (χ2n) is 8.12. The van der Waals surface area contributed by atoms with Crippen molar-refractivity contribution in [3.63, 3.8) is 0 Å². The summed E-state index contributed by atoms with van der Waals surface area (Å²) in [5.74, 6) is -1.04. The molecule has 1 saturated heterocycles. The molecule has 21 heavy (non-hydrogen) atoms. The molecule has 5 heteroatoms. The van der Waals surface area contributed by atoms with Crippen LogP contribution in [0.2, 0.25) is 0 Å². The minimum Gasteiger partial charge on any atom is -0.435 e. The first-order valence-electron chi connectivity index (χ1n) is 7.74. The summed E-state index contributed by atoms with van der Waals surface area (Å²) in [6, 6.07) is 0. The quantitative estimate of drug-likeness (QED) is 0.714. The number of aliphatic hydroxyl groups excluding tert-OH is 1. The van der Waals surface area contributed by atoms with Gasteiger partial charge in [0.05, 0.1) is 23.0 Å². The first-order chi connectivity index (χ1) is 9.59. The Hall–Kier alpha value is -0.650. The smallest absolute Gasteiger partial charge is 0.317 e. The van der Waals surface area contributed by atoms with Gasteiger partial charge in [0.1, 0.15) is 0 Å². The van der Waals surface area contributed by atoms with Gasteiger partial charge in [-0.3, -0.25) is 4.79 Å². The molecule has 7 unspecified atom stereocenters. The van der Waals surface area contributed by atoms with Gasteiger partial charge in [-0.2, -0.15) is 0 Å². The standard InChI is InChI=1S/C16H26O5/c1-8-6-9(17)11-14(2,3)7-15(4)13(18)21-12(20-5)10(8)16(11,15)19/h8-12,17,19H,6-7H2,1-5H3. The Morgan fingerprint density at radius 3 is 2.52 bits per heavy atom. The van der Waals surface area contributed by atoms with Crippen molar-refractivity contribution in [2.45, 2.75) is 58.5 Å². The minimum atomic E-state index is -1.29. The third-order valence-electron chi connectivity index (χ3n) is 6.33. The van der Waals surface area contributed by atoms with Gasteiger partial charge in [0, 0.05) is 13.0 Å². The van der Waals surface area contributed by atoms with Crippen LogP contribution in [0.4, 0.5) is 0 Å². The van der Waals surface area contributed by atoms with Gasteiger partial charge in [-0.1, -0.05) is 20.8 Å². The van der Waals surface area contributed by atoms with Crippen LogP contribution in [0.1, 0.15) is 40.5 Å². The van der Waals surface area contributed by atoms with Crippen molar-refractivity contribution in [3.8, 4) is 0 Å². The van der Waals surface area contributed by atoms with E-state index < -0.39 is 29.4 Å². The molecule has 0 aromatic rings. The summed E-state index contributed by atoms with van der Waals surface area (Å²) < 4.78 is 10.9. The maximum absolute atomic E-state index is 12.6. The van der Waals surface area contributed by atoms with Gasteiger partial charge in [-0.05, 0) is 31.1 Å². The van der Waals surface area contributed by atoms with Gasteiger partial charge in [-0.15, -0.1) is 0 Å². The molecule has 2 aliphatic carbocycles. The molecule has 2 saturated carbocycles. The Morgan fingerprint density at radius 1 is 1.33 bits per heavy atom. The molecule has 0 bridgehead atoms. The molecule has 0 spiro atoms. The fraction of sp³-hybridized carbons (Fsp3) is 0.938. The van der Waals surface area contributed by atoms with Crippen molar-refractivity contribution < 1.29 is 24.5 Å². The van der Waals surface area contributed by atoms with Crippen LogP contribution in [0.5, 0.6) is 0 Å². The predicted molar refractivity (Wildman–Crippen MR) is 75.1 cm³/mol. The van der Waals surface area contributed by atoms with Crippen LogP contribution in [0.15, 0.2) is 0 Å². The molecule has 0 amide bonds. The number of ether oxygens (including phenoxy) is 2. The van der Waals surface area contributed by atoms with Crippen molar-refractivity contribution >= 4 is 5.97 Å². The number of methoxy groups -OCH3 is 1. The third kappa shape index (κ3) is 1.60. The fourth-order valence-electron chi connectivity index (χ4n) is 5.80. The summed E-state index contributed by atoms with van der Waals surface area (Å²) >= 11 is 0. The van der Waals surface area contributed by atoms with Gasteiger partial charge in [0.15, 0.2) is 0 Å². The average molecular weight is 298 g/mol. The fourth-order valence-corrected chi connectivity index (χ4v) is 5.80. The van der Waals surface area contributed by atoms with E-state index in [4.69, 9.17) is 9.47 Å². The lowest BCUT2D eigenvalue weighted by Gasteiger charge is -2.58. The second kappa shape index (κ2) is 4.21. The molecule has 3 fully saturated rings. The summed E-state index contributed by atoms with van der Waals surface area (Å²) in [4.78, 5) is 12.6. The highest BCUT2D eigenvalue weighted by Crippen LogP contribution is 2.68. The van der Waals surface area contributed by atoms with Crippen LogP contribution in [0.25, 0.3) is 0 Å². The lowest BCUT2D eigenvalue weighted by atomic mass is 9.54. The molecule has 0 radical (unpaired) electrons. The number of carbonyl (C=O) groups is 1. The van der Waals surface area contributed by atoms with E-state index in [9.17, 15) is 15.0 Å². The van der Waals surface area contributed by atoms with Crippen molar-refractivity contribution in [1.29, 1.82) is 0 Å². The molecular formula is C16H26O5. The normalized spacial score (nSPS) is 55.0. The van der Waals surface area contributed by atoms with Crippen molar-refractivity contribution in [2.24, 2.45) is 28.6 Å². The van der Waals surface area contributed by atoms with E-state index in [1.807, 2.05) is 20.8 Å². The highest BCUT2D eigenvalue weighted by atomic mass is 16.7. The van der Waals surface area contributed by atoms with Gasteiger partial charge < -0.3 is 19.7 Å². The topological polar surface area (TPSA) is 76.0 Å². The zero-order valence-corrected chi connectivity index (χ0v) is 13.4. The number of carbonyl (C=O) groups excluding carboxylic acids is 1. The zero-order valence-electron chi connectivity index (χ0n) is 13.4. The van der Waals surface area contributed by atoms with Gasteiger partial charge >= 0.3 is 5.97 Å². The Bertz CT molecular complexity index is 475. The molecule has 120 valence electrons. The number of hydrogen-bond donors (Lipinski definition) is 2. The molecule has 7 atom stereocenters. The van der Waals surface area contributed by atoms with Crippen molar-refractivity contribution in [3.05, 3.63) is 0 Å². The first-order valence-corrected chi connectivity index (χ1v) is 7.74. The Kier molecular flexibility index (Phi) is 3.06. The van der Waals surface area contributed by atoms with Crippen molar-refractivity contribution in [2.75, 3.05) is 7.11 Å². The first kappa shape index (κ1) is 15.3. The van der Waals surface area contributed by atoms with E-state index in [-0.39, 0.29) is 23.2 Å². The van der Waals surface area contributed by atoms with E-state index in [1.165, 1.54) is 7.11 Å². The van der Waals surface area contributed by atoms with E-state index in [0.29, 0.717) is 12.8 Å². The minimum absolute atomic E-state index is 0.0209. The maximum atomic E-state index is 12.6. The summed E-state index contributed by atoms with van der Waals surface area (Å²) in [5, 5.41) is 22.3. The van der Waals surface area contributed by atoms with E-state index >= 15 is 0 Å². The van der Waals surface area contributed by atoms with Crippen LogP contribution in [0, 0.1) is 28.6 Å². The van der Waals surface area contributed by atoms with Gasteiger partial charge in [0.25, 0.3) is 0 Å². The lowest BCUT2D eigenvalue weighted by molar-refractivity contribution is -0.301. The van der Waals surface area contributed by atoms with E-state index in [0.717, 1.165) is 0 Å². The molecule has 0 aromatic carbocycles. The van der Waals surface area contributed by atoms with E-state index in [1.54, 1.807) is 6.92 Å². The number of hydrogen-bond acceptors (Lipinski definition) is 5. The van der Waals surface area contributed by atoms with Crippen LogP contribution < -0.4 is 0 Å². The molecular weight excluding hydrogens is 272 g/mol. The maximum Gasteiger partial charge on any atom is 0.317 e. The monoisotopic (exact) mass is 298 g/mol. The molecule has 2 N–H and O–H groups in total. The number of aliphatic hydroxyl groups is 2. The summed E-state index contributed by atoms with van der Waals surface area (Å²) in [7, 11) is 1.50. The Morgan fingerprint density at radius 2 is 1.95 bits per heavy atom. The molecule has 0 aromatic heterocycles. The largest absolute Gasteiger partial charge is 0.435 e. The van der Waals surface area contributed by atoms with Crippen LogP contribution >= 0.6 is 0 Å². The summed E-state index contributed by atoms with van der Waals surface area (Å²) in [6.07, 6.45) is -0.249. The number of rotatable bonds is 1. The Balaban J connectivity index is 2.21. The zero-order chi connectivity index (χ0) is 15.8. The number of cyclic esters (lactones) is 1. The molecule has 1 heterocycles. The molecule has 3 aliphatic rings. The van der Waals surface area contributed by atoms with Crippen LogP contribution in [0.3, 0.4) is 0 Å². The number of esters is 1. The predicted octanol–water partition coefficient (Wildman–Crippen LogP) is 1.32. The average Bonchev–Trinajstić information content (AvgIpc) is 2.51. The third-order valence-corrected chi connectivity index (χ3v) is 6.33. The lowest BCUT2D eigenvalue weighted by Crippen LogP contribution is -2.70. The SMILES string of the molecule is COC1OC(=O)C2(C)CC(C)(C)C3C(O)CC(C)C1C32O. The van der Waals surface area contributed by atoms with Crippen molar-refractivity contribution in [1.82, 2.24) is 0 Å². The molecule has 3 rings (SSSR count). The molecule has 5 nitrogen and oxygen atoms in total. The summed E-state index contributed by atoms with van der Waals surface area (Å²) in [6.45, 7) is 7.80. The van der Waals surface area contributed by atoms with Crippen LogP contribution in [-0.2, 0) is 14.3 Å². The highest BCUT2D eigenvalue weighted by molar-refractivity contribution is 5.80.